The number of fused-ring (bicyclic) bond motifs is 3. The first-order chi connectivity index (χ1) is 25.5. The number of ether oxygens (including phenoxy) is 1. The van der Waals surface area contributed by atoms with Gasteiger partial charge in [-0.05, 0) is 78.2 Å². The van der Waals surface area contributed by atoms with Crippen LogP contribution in [0.5, 0.6) is 5.75 Å². The van der Waals surface area contributed by atoms with E-state index in [0.29, 0.717) is 11.8 Å². The average molecular weight is 831 g/mol. The summed E-state index contributed by atoms with van der Waals surface area (Å²) < 4.78 is 143. The van der Waals surface area contributed by atoms with Gasteiger partial charge in [-0.25, -0.2) is 0 Å². The van der Waals surface area contributed by atoms with E-state index in [1.54, 1.807) is 19.1 Å². The molecule has 23 heteroatoms. The smallest absolute Gasteiger partial charge is 0.295 e. The second-order valence-electron chi connectivity index (χ2n) is 11.7. The number of azo groups is 1. The fourth-order valence-electron chi connectivity index (χ4n) is 5.56. The quantitative estimate of drug-likeness (QED) is 0.0522. The highest BCUT2D eigenvalue weighted by Gasteiger charge is 2.24. The highest BCUT2D eigenvalue weighted by Crippen LogP contribution is 2.37. The van der Waals surface area contributed by atoms with E-state index in [1.807, 2.05) is 0 Å². The number of nitrogens with zero attached hydrogens (tertiary/aromatic N) is 5. The van der Waals surface area contributed by atoms with Crippen LogP contribution in [0.25, 0.3) is 39.6 Å². The van der Waals surface area contributed by atoms with Gasteiger partial charge < -0.3 is 10.5 Å². The van der Waals surface area contributed by atoms with E-state index in [0.717, 1.165) is 40.7 Å². The first-order valence-electron chi connectivity index (χ1n) is 15.1. The van der Waals surface area contributed by atoms with Crippen molar-refractivity contribution >= 4 is 91.5 Å². The number of benzene rings is 5. The molecule has 0 unspecified atom stereocenters. The lowest BCUT2D eigenvalue weighted by atomic mass is 10.1. The average Bonchev–Trinajstić information content (AvgIpc) is 3.53. The van der Waals surface area contributed by atoms with E-state index in [1.165, 1.54) is 43.5 Å². The normalized spacial score (nSPS) is 13.1. The maximum atomic E-state index is 12.5. The SMILES string of the molecule is COc1c(N)cc(C)cc1N=Nc1ccc(C=Cc2ccc(-n3nc4ccc5c(S(=O)(=O)O)cc(S(=O)(=O)O)cc5c4n3)cc2S(=O)(=O)O)c(S(=O)(=O)O)c1. The van der Waals surface area contributed by atoms with Gasteiger partial charge in [-0.1, -0.05) is 30.4 Å². The zero-order valence-corrected chi connectivity index (χ0v) is 31.3. The molecule has 55 heavy (non-hydrogen) atoms. The molecule has 0 aliphatic carbocycles. The Labute approximate surface area is 312 Å². The van der Waals surface area contributed by atoms with Gasteiger partial charge >= 0.3 is 0 Å². The van der Waals surface area contributed by atoms with Crippen molar-refractivity contribution in [2.24, 2.45) is 10.2 Å². The fraction of sp³-hybridized carbons (Fsp3) is 0.0625. The minimum Gasteiger partial charge on any atom is -0.492 e. The molecule has 19 nitrogen and oxygen atoms in total. The van der Waals surface area contributed by atoms with Crippen LogP contribution in [0.3, 0.4) is 0 Å². The fourth-order valence-corrected chi connectivity index (χ4v) is 8.30. The van der Waals surface area contributed by atoms with Gasteiger partial charge in [0.05, 0.1) is 29.1 Å². The standard InChI is InChI=1S/C32H26N6O13S4/c1-17-11-25(33)32(51-2)27(12-17)35-34-20-7-5-18(28(13-20)53(42,43)44)3-4-19-6-8-21(14-29(19)54(45,46)47)38-36-26-10-9-23-24(31(26)37-38)15-22(52(39,40)41)16-30(23)55(48,49)50/h3-16H,33H2,1-2H3,(H,39,40,41)(H,42,43,44)(H,45,46,47)(H,48,49,50). The summed E-state index contributed by atoms with van der Waals surface area (Å²) in [5.74, 6) is 0.234. The summed E-state index contributed by atoms with van der Waals surface area (Å²) >= 11 is 0. The van der Waals surface area contributed by atoms with Crippen LogP contribution < -0.4 is 10.5 Å². The molecule has 0 radical (unpaired) electrons. The van der Waals surface area contributed by atoms with Gasteiger partial charge in [0.15, 0.2) is 5.75 Å². The molecule has 0 aliphatic rings. The number of aryl methyl sites for hydroxylation is 1. The Morgan fingerprint density at radius 2 is 1.29 bits per heavy atom. The van der Waals surface area contributed by atoms with E-state index >= 15 is 0 Å². The molecule has 1 heterocycles. The molecule has 0 saturated carbocycles. The van der Waals surface area contributed by atoms with Crippen LogP contribution in [-0.2, 0) is 40.5 Å². The Morgan fingerprint density at radius 3 is 1.89 bits per heavy atom. The minimum absolute atomic E-state index is 0.00481. The van der Waals surface area contributed by atoms with E-state index in [4.69, 9.17) is 10.5 Å². The zero-order valence-electron chi connectivity index (χ0n) is 28.0. The molecule has 6 rings (SSSR count). The van der Waals surface area contributed by atoms with Crippen molar-refractivity contribution in [3.05, 3.63) is 89.5 Å². The van der Waals surface area contributed by atoms with E-state index < -0.39 is 60.1 Å². The first-order valence-corrected chi connectivity index (χ1v) is 20.9. The molecular weight excluding hydrogens is 805 g/mol. The summed E-state index contributed by atoms with van der Waals surface area (Å²) in [6.45, 7) is 1.77. The molecule has 0 amide bonds. The number of aromatic nitrogens is 3. The molecular formula is C32H26N6O13S4. The lowest BCUT2D eigenvalue weighted by molar-refractivity contribution is 0.418. The van der Waals surface area contributed by atoms with Crippen molar-refractivity contribution in [1.82, 2.24) is 15.0 Å². The van der Waals surface area contributed by atoms with Gasteiger partial charge in [0.25, 0.3) is 40.5 Å². The molecule has 0 atom stereocenters. The Kier molecular flexibility index (Phi) is 9.86. The third-order valence-corrected chi connectivity index (χ3v) is 11.5. The number of nitrogens with two attached hydrogens (primary N) is 1. The van der Waals surface area contributed by atoms with Crippen molar-refractivity contribution in [2.75, 3.05) is 12.8 Å². The predicted molar refractivity (Wildman–Crippen MR) is 197 cm³/mol. The van der Waals surface area contributed by atoms with Crippen molar-refractivity contribution < 1.29 is 56.6 Å². The summed E-state index contributed by atoms with van der Waals surface area (Å²) in [5, 5.41) is 16.3. The Balaban J connectivity index is 1.41. The monoisotopic (exact) mass is 830 g/mol. The van der Waals surface area contributed by atoms with Gasteiger partial charge in [0.1, 0.15) is 31.4 Å². The lowest BCUT2D eigenvalue weighted by Gasteiger charge is -2.09. The van der Waals surface area contributed by atoms with Crippen molar-refractivity contribution in [1.29, 1.82) is 0 Å². The van der Waals surface area contributed by atoms with Crippen LogP contribution in [0.15, 0.2) is 103 Å². The van der Waals surface area contributed by atoms with Gasteiger partial charge in [0.2, 0.25) is 0 Å². The van der Waals surface area contributed by atoms with E-state index in [2.05, 4.69) is 20.4 Å². The van der Waals surface area contributed by atoms with Crippen LogP contribution in [0.4, 0.5) is 17.1 Å². The molecule has 0 saturated heterocycles. The van der Waals surface area contributed by atoms with Crippen LogP contribution >= 0.6 is 0 Å². The third kappa shape index (κ3) is 8.08. The van der Waals surface area contributed by atoms with E-state index in [9.17, 15) is 51.9 Å². The molecule has 0 aliphatic heterocycles. The molecule has 6 N–H and O–H groups in total. The summed E-state index contributed by atoms with van der Waals surface area (Å²) in [6.07, 6.45) is 2.30. The van der Waals surface area contributed by atoms with Crippen LogP contribution in [0.1, 0.15) is 16.7 Å². The highest BCUT2D eigenvalue weighted by molar-refractivity contribution is 7.87. The van der Waals surface area contributed by atoms with E-state index in [-0.39, 0.29) is 55.7 Å². The Hall–Kier alpha value is -5.66. The largest absolute Gasteiger partial charge is 0.492 e. The molecule has 5 aromatic carbocycles. The summed E-state index contributed by atoms with van der Waals surface area (Å²) in [7, 11) is -18.5. The number of nitrogen functional groups attached to an aromatic ring is 1. The molecule has 286 valence electrons. The third-order valence-electron chi connectivity index (χ3n) is 7.94. The van der Waals surface area contributed by atoms with Gasteiger partial charge in [-0.2, -0.15) is 43.6 Å². The maximum Gasteiger partial charge on any atom is 0.295 e. The van der Waals surface area contributed by atoms with Crippen molar-refractivity contribution in [2.45, 2.75) is 26.5 Å². The second-order valence-corrected chi connectivity index (χ2v) is 17.3. The Bertz CT molecular complexity index is 3110. The number of hydrogen-bond donors (Lipinski definition) is 5. The second kappa shape index (κ2) is 13.9. The lowest BCUT2D eigenvalue weighted by Crippen LogP contribution is -2.05. The van der Waals surface area contributed by atoms with Gasteiger partial charge in [-0.3, -0.25) is 18.2 Å². The van der Waals surface area contributed by atoms with Crippen molar-refractivity contribution in [3.8, 4) is 11.4 Å². The topological polar surface area (TPSA) is 308 Å². The summed E-state index contributed by atoms with van der Waals surface area (Å²) in [6, 6.07) is 14.4. The number of methoxy groups -OCH3 is 1. The van der Waals surface area contributed by atoms with Gasteiger partial charge in [0, 0.05) is 10.8 Å². The van der Waals surface area contributed by atoms with Crippen LogP contribution in [0, 0.1) is 6.92 Å². The van der Waals surface area contributed by atoms with Crippen LogP contribution in [-0.4, -0.2) is 74.0 Å². The number of rotatable bonds is 10. The molecule has 1 aromatic heterocycles. The summed E-state index contributed by atoms with van der Waals surface area (Å²) in [5.41, 5.74) is 6.87. The minimum atomic E-state index is -5.01. The Morgan fingerprint density at radius 1 is 0.673 bits per heavy atom. The van der Waals surface area contributed by atoms with Gasteiger partial charge in [-0.15, -0.1) is 15.3 Å². The molecule has 0 spiro atoms. The highest BCUT2D eigenvalue weighted by atomic mass is 32.2. The van der Waals surface area contributed by atoms with Crippen LogP contribution in [0.2, 0.25) is 0 Å². The van der Waals surface area contributed by atoms with Crippen molar-refractivity contribution in [3.63, 3.8) is 0 Å². The predicted octanol–water partition coefficient (Wildman–Crippen LogP) is 5.05. The molecule has 0 fully saturated rings. The maximum absolute atomic E-state index is 12.5. The number of hydrogen-bond acceptors (Lipinski definition) is 14. The first kappa shape index (κ1) is 39.0. The molecule has 6 aromatic rings. The zero-order chi connectivity index (χ0) is 40.2. The number of anilines is 1. The summed E-state index contributed by atoms with van der Waals surface area (Å²) in [4.78, 5) is -2.13. The molecule has 0 bridgehead atoms.